The highest BCUT2D eigenvalue weighted by Crippen LogP contribution is 2.34. The van der Waals surface area contributed by atoms with Crippen molar-refractivity contribution in [1.82, 2.24) is 0 Å². The molecule has 0 heterocycles. The molecule has 32 heavy (non-hydrogen) atoms. The van der Waals surface area contributed by atoms with Gasteiger partial charge < -0.3 is 10.2 Å². The van der Waals surface area contributed by atoms with Gasteiger partial charge in [0.25, 0.3) is 0 Å². The van der Waals surface area contributed by atoms with Crippen LogP contribution >= 0.6 is 0 Å². The highest BCUT2D eigenvalue weighted by molar-refractivity contribution is 5.92. The summed E-state index contributed by atoms with van der Waals surface area (Å²) in [5.41, 5.74) is 4.45. The molecule has 0 saturated carbocycles. The zero-order valence-electron chi connectivity index (χ0n) is 20.2. The lowest BCUT2D eigenvalue weighted by Crippen LogP contribution is -2.02. The molecule has 0 saturated heterocycles. The third-order valence-electron chi connectivity index (χ3n) is 6.36. The molecule has 2 aromatic rings. The van der Waals surface area contributed by atoms with Gasteiger partial charge in [0.15, 0.2) is 0 Å². The van der Waals surface area contributed by atoms with E-state index in [1.165, 1.54) is 63.4 Å². The third-order valence-corrected chi connectivity index (χ3v) is 6.36. The minimum atomic E-state index is -1.07. The first-order valence-corrected chi connectivity index (χ1v) is 12.8. The lowest BCUT2D eigenvalue weighted by atomic mass is 9.89. The number of phenols is 1. The molecule has 0 aromatic heterocycles. The third kappa shape index (κ3) is 8.33. The maximum absolute atomic E-state index is 11.6. The number of carboxylic acid groups (broad SMARTS) is 1. The lowest BCUT2D eigenvalue weighted by Gasteiger charge is -2.16. The van der Waals surface area contributed by atoms with Gasteiger partial charge in [0.05, 0.1) is 0 Å². The van der Waals surface area contributed by atoms with Crippen molar-refractivity contribution in [3.05, 3.63) is 53.1 Å². The highest BCUT2D eigenvalue weighted by atomic mass is 16.4. The van der Waals surface area contributed by atoms with Crippen molar-refractivity contribution in [2.24, 2.45) is 0 Å². The van der Waals surface area contributed by atoms with E-state index in [0.29, 0.717) is 0 Å². The molecule has 3 heteroatoms. The molecule has 0 aliphatic rings. The Morgan fingerprint density at radius 1 is 0.688 bits per heavy atom. The molecular formula is C29H42O3. The van der Waals surface area contributed by atoms with Gasteiger partial charge in [-0.05, 0) is 60.1 Å². The van der Waals surface area contributed by atoms with Crippen molar-refractivity contribution in [1.29, 1.82) is 0 Å². The molecule has 0 aliphatic carbocycles. The fraction of sp³-hybridized carbons (Fsp3) is 0.552. The summed E-state index contributed by atoms with van der Waals surface area (Å²) >= 11 is 0. The fourth-order valence-corrected chi connectivity index (χ4v) is 4.45. The zero-order chi connectivity index (χ0) is 23.2. The molecule has 3 nitrogen and oxygen atoms in total. The molecule has 0 spiro atoms. The highest BCUT2D eigenvalue weighted by Gasteiger charge is 2.17. The molecule has 0 radical (unpaired) electrons. The summed E-state index contributed by atoms with van der Waals surface area (Å²) in [4.78, 5) is 11.6. The monoisotopic (exact) mass is 438 g/mol. The van der Waals surface area contributed by atoms with E-state index in [4.69, 9.17) is 0 Å². The Morgan fingerprint density at radius 3 is 1.81 bits per heavy atom. The van der Waals surface area contributed by atoms with E-state index in [-0.39, 0.29) is 11.3 Å². The van der Waals surface area contributed by atoms with Crippen LogP contribution in [0.15, 0.2) is 36.4 Å². The van der Waals surface area contributed by atoms with Crippen LogP contribution in [0.1, 0.15) is 112 Å². The molecule has 2 N–H and O–H groups in total. The van der Waals surface area contributed by atoms with Gasteiger partial charge in [0, 0.05) is 0 Å². The largest absolute Gasteiger partial charge is 0.507 e. The molecule has 2 aromatic carbocycles. The van der Waals surface area contributed by atoms with E-state index in [2.05, 4.69) is 32.0 Å². The Kier molecular flexibility index (Phi) is 11.9. The second-order valence-electron chi connectivity index (χ2n) is 9.02. The minimum absolute atomic E-state index is 0.00291. The first-order valence-electron chi connectivity index (χ1n) is 12.8. The number of benzene rings is 2. The van der Waals surface area contributed by atoms with Crippen molar-refractivity contribution < 1.29 is 15.0 Å². The van der Waals surface area contributed by atoms with Gasteiger partial charge in [0.2, 0.25) is 0 Å². The van der Waals surface area contributed by atoms with Crippen LogP contribution in [-0.4, -0.2) is 16.2 Å². The number of carbonyl (C=O) groups is 1. The van der Waals surface area contributed by atoms with E-state index in [1.807, 2.05) is 6.07 Å². The van der Waals surface area contributed by atoms with Crippen LogP contribution in [0.3, 0.4) is 0 Å². The Morgan fingerprint density at radius 2 is 1.22 bits per heavy atom. The summed E-state index contributed by atoms with van der Waals surface area (Å²) in [6.45, 7) is 4.46. The average molecular weight is 439 g/mol. The van der Waals surface area contributed by atoms with Crippen LogP contribution in [0.25, 0.3) is 11.1 Å². The number of aromatic hydroxyl groups is 1. The quantitative estimate of drug-likeness (QED) is 0.258. The molecule has 0 fully saturated rings. The molecule has 0 amide bonds. The Hall–Kier alpha value is -2.29. The van der Waals surface area contributed by atoms with Gasteiger partial charge in [-0.2, -0.15) is 0 Å². The maximum atomic E-state index is 11.6. The van der Waals surface area contributed by atoms with Crippen molar-refractivity contribution in [2.75, 3.05) is 0 Å². The number of aryl methyl sites for hydroxylation is 2. The zero-order valence-corrected chi connectivity index (χ0v) is 20.2. The number of rotatable bonds is 16. The first-order chi connectivity index (χ1) is 15.6. The smallest absolute Gasteiger partial charge is 0.339 e. The minimum Gasteiger partial charge on any atom is -0.507 e. The summed E-state index contributed by atoms with van der Waals surface area (Å²) in [6.07, 6.45) is 16.6. The van der Waals surface area contributed by atoms with Gasteiger partial charge in [-0.15, -0.1) is 0 Å². The van der Waals surface area contributed by atoms with E-state index in [1.54, 1.807) is 12.1 Å². The Balaban J connectivity index is 2.19. The SMILES string of the molecule is CCCCCCCCc1ccccc1-c1cc(O)c(C(=O)O)cc1CCCCCCCC. The molecule has 176 valence electrons. The fourth-order valence-electron chi connectivity index (χ4n) is 4.45. The van der Waals surface area contributed by atoms with Crippen molar-refractivity contribution >= 4 is 5.97 Å². The molecular weight excluding hydrogens is 396 g/mol. The first kappa shape index (κ1) is 26.0. The van der Waals surface area contributed by atoms with Crippen LogP contribution in [-0.2, 0) is 12.8 Å². The standard InChI is InChI=1S/C29H42O3/c1-3-5-7-9-11-13-17-23-18-15-16-20-25(23)26-22-28(30)27(29(31)32)21-24(26)19-14-12-10-8-6-4-2/h15-16,18,20-22,30H,3-14,17,19H2,1-2H3,(H,31,32). The number of hydrogen-bond donors (Lipinski definition) is 2. The van der Waals surface area contributed by atoms with E-state index >= 15 is 0 Å². The predicted octanol–water partition coefficient (Wildman–Crippen LogP) is 8.56. The average Bonchev–Trinajstić information content (AvgIpc) is 2.79. The maximum Gasteiger partial charge on any atom is 0.339 e. The molecule has 2 rings (SSSR count). The van der Waals surface area contributed by atoms with E-state index in [0.717, 1.165) is 48.8 Å². The topological polar surface area (TPSA) is 57.5 Å². The van der Waals surface area contributed by atoms with Crippen LogP contribution in [0.2, 0.25) is 0 Å². The van der Waals surface area contributed by atoms with Gasteiger partial charge in [-0.25, -0.2) is 4.79 Å². The van der Waals surface area contributed by atoms with Crippen LogP contribution in [0.4, 0.5) is 0 Å². The van der Waals surface area contributed by atoms with Gasteiger partial charge >= 0.3 is 5.97 Å². The normalized spacial score (nSPS) is 11.1. The van der Waals surface area contributed by atoms with Crippen molar-refractivity contribution in [3.8, 4) is 16.9 Å². The summed E-state index contributed by atoms with van der Waals surface area (Å²) in [5, 5.41) is 19.9. The predicted molar refractivity (Wildman–Crippen MR) is 135 cm³/mol. The molecule has 0 atom stereocenters. The van der Waals surface area contributed by atoms with Crippen LogP contribution in [0.5, 0.6) is 5.75 Å². The second-order valence-corrected chi connectivity index (χ2v) is 9.02. The van der Waals surface area contributed by atoms with Crippen molar-refractivity contribution in [3.63, 3.8) is 0 Å². The van der Waals surface area contributed by atoms with Crippen LogP contribution < -0.4 is 0 Å². The summed E-state index contributed by atoms with van der Waals surface area (Å²) in [6, 6.07) is 11.8. The number of hydrogen-bond acceptors (Lipinski definition) is 2. The van der Waals surface area contributed by atoms with E-state index in [9.17, 15) is 15.0 Å². The number of aromatic carboxylic acids is 1. The van der Waals surface area contributed by atoms with Gasteiger partial charge in [0.1, 0.15) is 11.3 Å². The number of unbranched alkanes of at least 4 members (excludes halogenated alkanes) is 10. The second kappa shape index (κ2) is 14.7. The lowest BCUT2D eigenvalue weighted by molar-refractivity contribution is 0.0693. The van der Waals surface area contributed by atoms with Crippen LogP contribution in [0, 0.1) is 0 Å². The number of carboxylic acids is 1. The van der Waals surface area contributed by atoms with E-state index < -0.39 is 5.97 Å². The summed E-state index contributed by atoms with van der Waals surface area (Å²) in [5.74, 6) is -1.22. The Labute approximate surface area is 194 Å². The molecule has 0 unspecified atom stereocenters. The Bertz CT molecular complexity index is 825. The molecule has 0 bridgehead atoms. The summed E-state index contributed by atoms with van der Waals surface area (Å²) < 4.78 is 0. The van der Waals surface area contributed by atoms with Gasteiger partial charge in [-0.3, -0.25) is 0 Å². The summed E-state index contributed by atoms with van der Waals surface area (Å²) in [7, 11) is 0. The van der Waals surface area contributed by atoms with Gasteiger partial charge in [-0.1, -0.05) is 102 Å². The molecule has 0 aliphatic heterocycles. The van der Waals surface area contributed by atoms with Crippen molar-refractivity contribution in [2.45, 2.75) is 104 Å².